The molecule has 1 amide bonds. The summed E-state index contributed by atoms with van der Waals surface area (Å²) in [6.07, 6.45) is 2.30. The highest BCUT2D eigenvalue weighted by Gasteiger charge is 2.08. The van der Waals surface area contributed by atoms with Crippen LogP contribution in [0.25, 0.3) is 10.9 Å². The highest BCUT2D eigenvalue weighted by Crippen LogP contribution is 2.18. The average Bonchev–Trinajstić information content (AvgIpc) is 2.96. The van der Waals surface area contributed by atoms with Gasteiger partial charge in [-0.15, -0.1) is 0 Å². The Kier molecular flexibility index (Phi) is 4.33. The monoisotopic (exact) mass is 307 g/mol. The number of aromatic nitrogens is 1. The third kappa shape index (κ3) is 3.54. The third-order valence-electron chi connectivity index (χ3n) is 3.94. The first kappa shape index (κ1) is 15.2. The van der Waals surface area contributed by atoms with Gasteiger partial charge in [-0.25, -0.2) is 0 Å². The van der Waals surface area contributed by atoms with Gasteiger partial charge >= 0.3 is 0 Å². The zero-order valence-corrected chi connectivity index (χ0v) is 13.5. The summed E-state index contributed by atoms with van der Waals surface area (Å²) in [6, 6.07) is 16.2. The van der Waals surface area contributed by atoms with Crippen molar-refractivity contribution >= 4 is 22.5 Å². The molecule has 0 radical (unpaired) electrons. The number of aromatic amines is 1. The topological polar surface area (TPSA) is 48.1 Å². The highest BCUT2D eigenvalue weighted by molar-refractivity contribution is 5.88. The lowest BCUT2D eigenvalue weighted by Crippen LogP contribution is -2.24. The van der Waals surface area contributed by atoms with Gasteiger partial charge in [-0.2, -0.15) is 0 Å². The van der Waals surface area contributed by atoms with Gasteiger partial charge in [0, 0.05) is 43.4 Å². The van der Waals surface area contributed by atoms with E-state index in [1.807, 2.05) is 56.7 Å². The number of fused-ring (bicyclic) bond motifs is 1. The maximum Gasteiger partial charge on any atom is 0.224 e. The number of rotatable bonds is 5. The number of carbonyl (C=O) groups excluding carboxylic acids is 1. The minimum atomic E-state index is 0.0324. The summed E-state index contributed by atoms with van der Waals surface area (Å²) < 4.78 is 0. The van der Waals surface area contributed by atoms with Crippen LogP contribution in [0.4, 0.5) is 5.69 Å². The van der Waals surface area contributed by atoms with Crippen molar-refractivity contribution in [2.24, 2.45) is 0 Å². The van der Waals surface area contributed by atoms with Crippen molar-refractivity contribution < 1.29 is 4.79 Å². The van der Waals surface area contributed by atoms with Crippen LogP contribution in [0.5, 0.6) is 0 Å². The summed E-state index contributed by atoms with van der Waals surface area (Å²) in [5.74, 6) is 0.0324. The van der Waals surface area contributed by atoms with Crippen LogP contribution in [0.2, 0.25) is 0 Å². The zero-order valence-electron chi connectivity index (χ0n) is 13.5. The van der Waals surface area contributed by atoms with Gasteiger partial charge < -0.3 is 15.2 Å². The van der Waals surface area contributed by atoms with Gasteiger partial charge in [0.2, 0.25) is 5.91 Å². The van der Waals surface area contributed by atoms with E-state index in [4.69, 9.17) is 0 Å². The van der Waals surface area contributed by atoms with E-state index in [0.29, 0.717) is 13.0 Å². The summed E-state index contributed by atoms with van der Waals surface area (Å²) in [4.78, 5) is 17.5. The molecule has 0 saturated carbocycles. The zero-order chi connectivity index (χ0) is 16.2. The molecule has 0 aliphatic carbocycles. The largest absolute Gasteiger partial charge is 0.378 e. The quantitative estimate of drug-likeness (QED) is 0.761. The predicted octanol–water partition coefficient (Wildman–Crippen LogP) is 3.09. The summed E-state index contributed by atoms with van der Waals surface area (Å²) in [5, 5.41) is 4.11. The van der Waals surface area contributed by atoms with E-state index >= 15 is 0 Å². The Bertz CT molecular complexity index is 820. The average molecular weight is 307 g/mol. The van der Waals surface area contributed by atoms with Gasteiger partial charge in [0.05, 0.1) is 6.42 Å². The fourth-order valence-corrected chi connectivity index (χ4v) is 2.66. The van der Waals surface area contributed by atoms with Crippen molar-refractivity contribution in [1.82, 2.24) is 10.3 Å². The molecule has 4 nitrogen and oxygen atoms in total. The van der Waals surface area contributed by atoms with E-state index < -0.39 is 0 Å². The van der Waals surface area contributed by atoms with Gasteiger partial charge in [0.25, 0.3) is 0 Å². The Morgan fingerprint density at radius 2 is 1.96 bits per heavy atom. The van der Waals surface area contributed by atoms with Crippen LogP contribution in [0, 0.1) is 0 Å². The molecule has 1 aromatic heterocycles. The number of nitrogens with zero attached hydrogens (tertiary/aromatic N) is 1. The molecule has 3 aromatic rings. The summed E-state index contributed by atoms with van der Waals surface area (Å²) in [7, 11) is 4.02. The fraction of sp³-hybridized carbons (Fsp3) is 0.211. The minimum absolute atomic E-state index is 0.0324. The molecule has 3 rings (SSSR count). The fourth-order valence-electron chi connectivity index (χ4n) is 2.66. The number of benzene rings is 2. The van der Waals surface area contributed by atoms with Crippen molar-refractivity contribution in [1.29, 1.82) is 0 Å². The minimum Gasteiger partial charge on any atom is -0.378 e. The number of para-hydroxylation sites is 1. The van der Waals surface area contributed by atoms with Crippen molar-refractivity contribution in [3.05, 3.63) is 65.9 Å². The van der Waals surface area contributed by atoms with E-state index in [1.54, 1.807) is 0 Å². The van der Waals surface area contributed by atoms with Crippen molar-refractivity contribution in [2.45, 2.75) is 13.0 Å². The first-order chi connectivity index (χ1) is 11.1. The lowest BCUT2D eigenvalue weighted by atomic mass is 10.1. The van der Waals surface area contributed by atoms with E-state index in [1.165, 1.54) is 0 Å². The van der Waals surface area contributed by atoms with Crippen LogP contribution in [-0.4, -0.2) is 25.0 Å². The van der Waals surface area contributed by atoms with E-state index in [9.17, 15) is 4.79 Å². The van der Waals surface area contributed by atoms with E-state index in [-0.39, 0.29) is 5.91 Å². The predicted molar refractivity (Wildman–Crippen MR) is 94.6 cm³/mol. The Balaban J connectivity index is 1.63. The lowest BCUT2D eigenvalue weighted by Gasteiger charge is -2.13. The van der Waals surface area contributed by atoms with Crippen molar-refractivity contribution in [3.8, 4) is 0 Å². The summed E-state index contributed by atoms with van der Waals surface area (Å²) in [6.45, 7) is 0.545. The number of hydrogen-bond acceptors (Lipinski definition) is 2. The normalized spacial score (nSPS) is 10.7. The molecule has 0 fully saturated rings. The molecular formula is C19H21N3O. The van der Waals surface area contributed by atoms with Crippen LogP contribution in [0.3, 0.4) is 0 Å². The molecule has 0 saturated heterocycles. The van der Waals surface area contributed by atoms with E-state index in [0.717, 1.165) is 27.7 Å². The Hall–Kier alpha value is -2.75. The number of nitrogens with one attached hydrogen (secondary N) is 2. The number of hydrogen-bond donors (Lipinski definition) is 2. The van der Waals surface area contributed by atoms with Crippen LogP contribution in [-0.2, 0) is 17.8 Å². The maximum atomic E-state index is 12.2. The molecule has 0 atom stereocenters. The number of H-pyrrole nitrogens is 1. The van der Waals surface area contributed by atoms with Gasteiger partial charge in [0.1, 0.15) is 0 Å². The second kappa shape index (κ2) is 6.57. The molecule has 2 aromatic carbocycles. The van der Waals surface area contributed by atoms with Crippen LogP contribution < -0.4 is 10.2 Å². The van der Waals surface area contributed by atoms with Crippen molar-refractivity contribution in [2.75, 3.05) is 19.0 Å². The first-order valence-corrected chi connectivity index (χ1v) is 7.71. The number of amides is 1. The molecule has 0 aliphatic rings. The lowest BCUT2D eigenvalue weighted by molar-refractivity contribution is -0.120. The Labute approximate surface area is 136 Å². The highest BCUT2D eigenvalue weighted by atomic mass is 16.1. The number of carbonyl (C=O) groups is 1. The summed E-state index contributed by atoms with van der Waals surface area (Å²) >= 11 is 0. The van der Waals surface area contributed by atoms with Crippen LogP contribution in [0.15, 0.2) is 54.7 Å². The molecule has 23 heavy (non-hydrogen) atoms. The molecule has 0 aliphatic heterocycles. The molecule has 118 valence electrons. The number of anilines is 1. The molecule has 0 bridgehead atoms. The maximum absolute atomic E-state index is 12.2. The standard InChI is InChI=1S/C19H21N3O/c1-22(2)16-7-5-6-14(10-16)12-21-19(23)11-15-13-20-18-9-4-3-8-17(15)18/h3-10,13,20H,11-12H2,1-2H3,(H,21,23). The van der Waals surface area contributed by atoms with E-state index in [2.05, 4.69) is 27.3 Å². The van der Waals surface area contributed by atoms with Crippen molar-refractivity contribution in [3.63, 3.8) is 0 Å². The SMILES string of the molecule is CN(C)c1cccc(CNC(=O)Cc2c[nH]c3ccccc23)c1. The Morgan fingerprint density at radius 1 is 1.13 bits per heavy atom. The molecule has 2 N–H and O–H groups in total. The molecular weight excluding hydrogens is 286 g/mol. The van der Waals surface area contributed by atoms with Gasteiger partial charge in [-0.05, 0) is 29.3 Å². The molecule has 0 unspecified atom stereocenters. The summed E-state index contributed by atoms with van der Waals surface area (Å²) in [5.41, 5.74) is 4.32. The van der Waals surface area contributed by atoms with Gasteiger partial charge in [-0.3, -0.25) is 4.79 Å². The van der Waals surface area contributed by atoms with Crippen LogP contribution in [0.1, 0.15) is 11.1 Å². The second-order valence-corrected chi connectivity index (χ2v) is 5.88. The molecule has 0 spiro atoms. The second-order valence-electron chi connectivity index (χ2n) is 5.88. The first-order valence-electron chi connectivity index (χ1n) is 7.71. The smallest absolute Gasteiger partial charge is 0.224 e. The molecule has 4 heteroatoms. The van der Waals surface area contributed by atoms with Crippen LogP contribution >= 0.6 is 0 Å². The third-order valence-corrected chi connectivity index (χ3v) is 3.94. The Morgan fingerprint density at radius 3 is 2.78 bits per heavy atom. The molecule has 1 heterocycles. The van der Waals surface area contributed by atoms with Gasteiger partial charge in [0.15, 0.2) is 0 Å². The van der Waals surface area contributed by atoms with Gasteiger partial charge in [-0.1, -0.05) is 30.3 Å².